The first-order valence-corrected chi connectivity index (χ1v) is 7.16. The molecule has 1 rings (SSSR count). The maximum absolute atomic E-state index is 10.7. The summed E-state index contributed by atoms with van der Waals surface area (Å²) in [7, 11) is -3.46. The fourth-order valence-electron chi connectivity index (χ4n) is 1.29. The summed E-state index contributed by atoms with van der Waals surface area (Å²) in [6, 6.07) is 4.27. The minimum absolute atomic E-state index is 0.0927. The molecule has 0 fully saturated rings. The van der Waals surface area contributed by atoms with Crippen LogP contribution in [0.5, 0.6) is 0 Å². The maximum atomic E-state index is 10.7. The van der Waals surface area contributed by atoms with Crippen LogP contribution < -0.4 is 10.5 Å². The molecular formula is C10H13ClN2O4S. The number of halogens is 1. The number of hydrogen-bond acceptors (Lipinski definition) is 4. The van der Waals surface area contributed by atoms with E-state index < -0.39 is 16.0 Å². The monoisotopic (exact) mass is 292 g/mol. The third-order valence-electron chi connectivity index (χ3n) is 2.14. The molecule has 0 aliphatic carbocycles. The van der Waals surface area contributed by atoms with E-state index in [9.17, 15) is 13.2 Å². The number of rotatable bonds is 6. The van der Waals surface area contributed by atoms with E-state index in [1.807, 2.05) is 0 Å². The number of anilines is 1. The molecule has 6 nitrogen and oxygen atoms in total. The first-order chi connectivity index (χ1) is 8.29. The molecule has 0 aliphatic heterocycles. The molecule has 0 aliphatic rings. The van der Waals surface area contributed by atoms with Gasteiger partial charge in [-0.25, -0.2) is 18.4 Å². The SMILES string of the molecule is NS(=O)(=O)CCCNc1ccc(C(=O)O)cc1Cl. The first-order valence-electron chi connectivity index (χ1n) is 5.07. The van der Waals surface area contributed by atoms with Crippen molar-refractivity contribution in [2.45, 2.75) is 6.42 Å². The highest BCUT2D eigenvalue weighted by Crippen LogP contribution is 2.22. The van der Waals surface area contributed by atoms with Crippen LogP contribution in [0.3, 0.4) is 0 Å². The van der Waals surface area contributed by atoms with Crippen molar-refractivity contribution in [3.05, 3.63) is 28.8 Å². The van der Waals surface area contributed by atoms with Gasteiger partial charge in [-0.15, -0.1) is 0 Å². The predicted octanol–water partition coefficient (Wildman–Crippen LogP) is 1.13. The Morgan fingerprint density at radius 1 is 1.44 bits per heavy atom. The molecule has 0 atom stereocenters. The zero-order valence-corrected chi connectivity index (χ0v) is 11.0. The van der Waals surface area contributed by atoms with Gasteiger partial charge in [0.05, 0.1) is 22.0 Å². The maximum Gasteiger partial charge on any atom is 0.335 e. The Morgan fingerprint density at radius 3 is 2.61 bits per heavy atom. The van der Waals surface area contributed by atoms with E-state index >= 15 is 0 Å². The Bertz CT molecular complexity index is 545. The van der Waals surface area contributed by atoms with Crippen molar-refractivity contribution in [3.8, 4) is 0 Å². The molecule has 0 heterocycles. The van der Waals surface area contributed by atoms with E-state index in [4.69, 9.17) is 21.8 Å². The van der Waals surface area contributed by atoms with Gasteiger partial charge in [0.2, 0.25) is 10.0 Å². The molecule has 18 heavy (non-hydrogen) atoms. The fourth-order valence-corrected chi connectivity index (χ4v) is 2.08. The standard InChI is InChI=1S/C10H13ClN2O4S/c11-8-6-7(10(14)15)2-3-9(8)13-4-1-5-18(12,16)17/h2-3,6,13H,1,4-5H2,(H,14,15)(H2,12,16,17). The number of nitrogens with two attached hydrogens (primary N) is 1. The van der Waals surface area contributed by atoms with Crippen molar-refractivity contribution in [1.82, 2.24) is 0 Å². The Kier molecular flexibility index (Phi) is 4.94. The number of carboxylic acids is 1. The molecule has 0 radical (unpaired) electrons. The van der Waals surface area contributed by atoms with E-state index in [0.29, 0.717) is 18.7 Å². The van der Waals surface area contributed by atoms with Crippen molar-refractivity contribution >= 4 is 33.3 Å². The number of primary sulfonamides is 1. The summed E-state index contributed by atoms with van der Waals surface area (Å²) in [6.07, 6.45) is 0.343. The summed E-state index contributed by atoms with van der Waals surface area (Å²) in [5.74, 6) is -1.18. The van der Waals surface area contributed by atoms with E-state index in [0.717, 1.165) is 0 Å². The minimum Gasteiger partial charge on any atom is -0.478 e. The normalized spacial score (nSPS) is 11.2. The van der Waals surface area contributed by atoms with Crippen LogP contribution in [0.15, 0.2) is 18.2 Å². The van der Waals surface area contributed by atoms with Crippen LogP contribution >= 0.6 is 11.6 Å². The molecular weight excluding hydrogens is 280 g/mol. The third-order valence-corrected chi connectivity index (χ3v) is 3.31. The average molecular weight is 293 g/mol. The van der Waals surface area contributed by atoms with E-state index in [1.165, 1.54) is 18.2 Å². The number of aromatic carboxylic acids is 1. The summed E-state index contributed by atoms with van der Waals surface area (Å²) in [6.45, 7) is 0.378. The smallest absolute Gasteiger partial charge is 0.335 e. The van der Waals surface area contributed by atoms with Crippen LogP contribution in [0.2, 0.25) is 5.02 Å². The molecule has 0 amide bonds. The fraction of sp³-hybridized carbons (Fsp3) is 0.300. The van der Waals surface area contributed by atoms with Crippen LogP contribution in [-0.2, 0) is 10.0 Å². The molecule has 8 heteroatoms. The molecule has 4 N–H and O–H groups in total. The van der Waals surface area contributed by atoms with Crippen LogP contribution in [0.4, 0.5) is 5.69 Å². The van der Waals surface area contributed by atoms with Crippen molar-refractivity contribution in [3.63, 3.8) is 0 Å². The topological polar surface area (TPSA) is 109 Å². The van der Waals surface area contributed by atoms with Crippen LogP contribution in [0, 0.1) is 0 Å². The highest BCUT2D eigenvalue weighted by molar-refractivity contribution is 7.89. The average Bonchev–Trinajstić information content (AvgIpc) is 2.24. The molecule has 100 valence electrons. The summed E-state index contributed by atoms with van der Waals surface area (Å²) < 4.78 is 21.4. The molecule has 1 aromatic rings. The van der Waals surface area contributed by atoms with E-state index in [-0.39, 0.29) is 16.3 Å². The number of nitrogens with one attached hydrogen (secondary N) is 1. The highest BCUT2D eigenvalue weighted by atomic mass is 35.5. The molecule has 0 saturated carbocycles. The Morgan fingerprint density at radius 2 is 2.11 bits per heavy atom. The van der Waals surface area contributed by atoms with Crippen LogP contribution in [-0.4, -0.2) is 31.8 Å². The Balaban J connectivity index is 2.56. The Hall–Kier alpha value is -1.31. The second-order valence-corrected chi connectivity index (χ2v) is 5.79. The van der Waals surface area contributed by atoms with Gasteiger partial charge < -0.3 is 10.4 Å². The van der Waals surface area contributed by atoms with Gasteiger partial charge in [-0.05, 0) is 24.6 Å². The van der Waals surface area contributed by atoms with Gasteiger partial charge in [-0.1, -0.05) is 11.6 Å². The highest BCUT2D eigenvalue weighted by Gasteiger charge is 2.07. The van der Waals surface area contributed by atoms with Crippen LogP contribution in [0.25, 0.3) is 0 Å². The lowest BCUT2D eigenvalue weighted by Crippen LogP contribution is -2.18. The molecule has 0 saturated heterocycles. The van der Waals surface area contributed by atoms with Gasteiger partial charge in [0.1, 0.15) is 0 Å². The second kappa shape index (κ2) is 6.03. The van der Waals surface area contributed by atoms with Gasteiger partial charge in [-0.2, -0.15) is 0 Å². The lowest BCUT2D eigenvalue weighted by Gasteiger charge is -2.08. The van der Waals surface area contributed by atoms with Gasteiger partial charge in [0.15, 0.2) is 0 Å². The zero-order chi connectivity index (χ0) is 13.8. The van der Waals surface area contributed by atoms with E-state index in [1.54, 1.807) is 0 Å². The molecule has 0 aromatic heterocycles. The first kappa shape index (κ1) is 14.7. The van der Waals surface area contributed by atoms with Gasteiger partial charge >= 0.3 is 5.97 Å². The molecule has 1 aromatic carbocycles. The largest absolute Gasteiger partial charge is 0.478 e. The lowest BCUT2D eigenvalue weighted by atomic mass is 10.2. The number of benzene rings is 1. The second-order valence-electron chi connectivity index (χ2n) is 3.65. The van der Waals surface area contributed by atoms with Crippen LogP contribution in [0.1, 0.15) is 16.8 Å². The lowest BCUT2D eigenvalue weighted by molar-refractivity contribution is 0.0697. The summed E-state index contributed by atoms with van der Waals surface area (Å²) in [5, 5.41) is 16.8. The number of hydrogen-bond donors (Lipinski definition) is 3. The summed E-state index contributed by atoms with van der Waals surface area (Å²) in [4.78, 5) is 10.7. The summed E-state index contributed by atoms with van der Waals surface area (Å²) >= 11 is 5.87. The van der Waals surface area contributed by atoms with Gasteiger partial charge in [-0.3, -0.25) is 0 Å². The molecule has 0 spiro atoms. The van der Waals surface area contributed by atoms with Crippen molar-refractivity contribution in [2.24, 2.45) is 5.14 Å². The van der Waals surface area contributed by atoms with Gasteiger partial charge in [0, 0.05) is 6.54 Å². The predicted molar refractivity (Wildman–Crippen MR) is 69.5 cm³/mol. The third kappa shape index (κ3) is 4.91. The van der Waals surface area contributed by atoms with Crippen molar-refractivity contribution in [2.75, 3.05) is 17.6 Å². The number of carboxylic acid groups (broad SMARTS) is 1. The summed E-state index contributed by atoms with van der Waals surface area (Å²) in [5.41, 5.74) is 0.645. The quantitative estimate of drug-likeness (QED) is 0.681. The molecule has 0 unspecified atom stereocenters. The van der Waals surface area contributed by atoms with Crippen molar-refractivity contribution in [1.29, 1.82) is 0 Å². The zero-order valence-electron chi connectivity index (χ0n) is 9.39. The molecule has 0 bridgehead atoms. The number of carbonyl (C=O) groups is 1. The van der Waals surface area contributed by atoms with Gasteiger partial charge in [0.25, 0.3) is 0 Å². The van der Waals surface area contributed by atoms with E-state index in [2.05, 4.69) is 5.32 Å². The number of sulfonamides is 1. The minimum atomic E-state index is -3.46. The van der Waals surface area contributed by atoms with Crippen molar-refractivity contribution < 1.29 is 18.3 Å². The Labute approximate surface area is 110 Å².